The van der Waals surface area contributed by atoms with Gasteiger partial charge in [0, 0.05) is 58.9 Å². The molecule has 0 spiro atoms. The lowest BCUT2D eigenvalue weighted by atomic mass is 9.99. The van der Waals surface area contributed by atoms with Crippen molar-refractivity contribution in [3.8, 4) is 5.75 Å². The molecule has 1 fully saturated rings. The number of fused-ring (bicyclic) bond motifs is 7. The standard InChI is InChI=1S/C22H22N4OS/c1-25-19-9-14-7-8-17(24-14)21(19)16-10-15(11-20(27-2)22(16)25)28-26-18-6-4-3-5-13(18)12-23-26/h3-6,10-12,14,17,24H,7-9H2,1-2H3. The summed E-state index contributed by atoms with van der Waals surface area (Å²) in [6.07, 6.45) is 5.52. The minimum Gasteiger partial charge on any atom is -0.495 e. The highest BCUT2D eigenvalue weighted by Crippen LogP contribution is 2.45. The van der Waals surface area contributed by atoms with Crippen LogP contribution in [0.3, 0.4) is 0 Å². The summed E-state index contributed by atoms with van der Waals surface area (Å²) < 4.78 is 10.2. The number of nitrogens with zero attached hydrogens (tertiary/aromatic N) is 3. The third kappa shape index (κ3) is 2.28. The Kier molecular flexibility index (Phi) is 3.55. The van der Waals surface area contributed by atoms with Crippen LogP contribution in [0.1, 0.15) is 30.1 Å². The Morgan fingerprint density at radius 2 is 2.11 bits per heavy atom. The molecule has 2 atom stereocenters. The first-order valence-corrected chi connectivity index (χ1v) is 10.6. The molecule has 4 heterocycles. The summed E-state index contributed by atoms with van der Waals surface area (Å²) >= 11 is 1.64. The largest absolute Gasteiger partial charge is 0.495 e. The highest BCUT2D eigenvalue weighted by molar-refractivity contribution is 7.98. The maximum absolute atomic E-state index is 5.83. The van der Waals surface area contributed by atoms with Crippen molar-refractivity contribution in [2.45, 2.75) is 36.2 Å². The van der Waals surface area contributed by atoms with E-state index in [1.54, 1.807) is 19.1 Å². The molecule has 2 aromatic heterocycles. The van der Waals surface area contributed by atoms with Crippen molar-refractivity contribution in [3.05, 3.63) is 53.9 Å². The molecule has 2 bridgehead atoms. The molecule has 1 saturated heterocycles. The molecule has 6 rings (SSSR count). The third-order valence-electron chi connectivity index (χ3n) is 6.28. The van der Waals surface area contributed by atoms with E-state index in [1.807, 2.05) is 16.4 Å². The molecule has 0 amide bonds. The highest BCUT2D eigenvalue weighted by Gasteiger charge is 2.36. The first-order chi connectivity index (χ1) is 13.7. The molecule has 1 N–H and O–H groups in total. The van der Waals surface area contributed by atoms with E-state index in [0.717, 1.165) is 28.0 Å². The number of methoxy groups -OCH3 is 1. The van der Waals surface area contributed by atoms with Crippen LogP contribution in [-0.4, -0.2) is 26.9 Å². The maximum Gasteiger partial charge on any atom is 0.144 e. The van der Waals surface area contributed by atoms with Gasteiger partial charge in [-0.05, 0) is 36.6 Å². The van der Waals surface area contributed by atoms with Crippen LogP contribution in [0.25, 0.3) is 21.8 Å². The van der Waals surface area contributed by atoms with Gasteiger partial charge >= 0.3 is 0 Å². The zero-order valence-electron chi connectivity index (χ0n) is 16.0. The number of rotatable bonds is 3. The van der Waals surface area contributed by atoms with Gasteiger partial charge in [-0.1, -0.05) is 18.2 Å². The topological polar surface area (TPSA) is 44.0 Å². The quantitative estimate of drug-likeness (QED) is 0.562. The first-order valence-electron chi connectivity index (χ1n) is 9.79. The molecular weight excluding hydrogens is 368 g/mol. The normalized spacial score (nSPS) is 20.8. The number of ether oxygens (including phenoxy) is 1. The Morgan fingerprint density at radius 1 is 1.21 bits per heavy atom. The number of benzene rings is 2. The second-order valence-corrected chi connectivity index (χ2v) is 8.81. The minimum atomic E-state index is 0.466. The number of aryl methyl sites for hydroxylation is 1. The van der Waals surface area contributed by atoms with Crippen LogP contribution in [0.2, 0.25) is 0 Å². The minimum absolute atomic E-state index is 0.466. The van der Waals surface area contributed by atoms with Crippen molar-refractivity contribution < 1.29 is 4.74 Å². The number of aromatic nitrogens is 3. The molecule has 2 aliphatic rings. The molecular formula is C22H22N4OS. The Hall–Kier alpha value is -2.44. The lowest BCUT2D eigenvalue weighted by Crippen LogP contribution is -2.32. The summed E-state index contributed by atoms with van der Waals surface area (Å²) in [6, 6.07) is 13.9. The molecule has 2 aromatic carbocycles. The van der Waals surface area contributed by atoms with Crippen molar-refractivity contribution in [1.82, 2.24) is 19.1 Å². The number of nitrogens with one attached hydrogen (secondary N) is 1. The van der Waals surface area contributed by atoms with Gasteiger partial charge in [0.1, 0.15) is 5.75 Å². The zero-order valence-corrected chi connectivity index (χ0v) is 16.8. The van der Waals surface area contributed by atoms with E-state index in [4.69, 9.17) is 4.74 Å². The van der Waals surface area contributed by atoms with Gasteiger partial charge < -0.3 is 14.6 Å². The molecule has 0 aliphatic carbocycles. The van der Waals surface area contributed by atoms with Gasteiger partial charge in [-0.25, -0.2) is 4.09 Å². The lowest BCUT2D eigenvalue weighted by molar-refractivity contribution is 0.416. The van der Waals surface area contributed by atoms with E-state index < -0.39 is 0 Å². The number of para-hydroxylation sites is 1. The van der Waals surface area contributed by atoms with Gasteiger partial charge in [0.15, 0.2) is 0 Å². The van der Waals surface area contributed by atoms with Gasteiger partial charge in [-0.3, -0.25) is 0 Å². The summed E-state index contributed by atoms with van der Waals surface area (Å²) in [5, 5.41) is 10.8. The monoisotopic (exact) mass is 390 g/mol. The average Bonchev–Trinajstić information content (AvgIpc) is 3.38. The van der Waals surface area contributed by atoms with Gasteiger partial charge in [0.2, 0.25) is 0 Å². The lowest BCUT2D eigenvalue weighted by Gasteiger charge is -2.23. The second-order valence-electron chi connectivity index (χ2n) is 7.81. The number of hydrogen-bond donors (Lipinski definition) is 1. The fraction of sp³-hybridized carbons (Fsp3) is 0.318. The predicted molar refractivity (Wildman–Crippen MR) is 113 cm³/mol. The van der Waals surface area contributed by atoms with Crippen LogP contribution in [0.5, 0.6) is 5.75 Å². The molecule has 0 saturated carbocycles. The third-order valence-corrected chi connectivity index (χ3v) is 7.19. The predicted octanol–water partition coefficient (Wildman–Crippen LogP) is 4.44. The summed E-state index contributed by atoms with van der Waals surface area (Å²) in [6.45, 7) is 0. The van der Waals surface area contributed by atoms with E-state index in [9.17, 15) is 0 Å². The van der Waals surface area contributed by atoms with E-state index in [2.05, 4.69) is 52.4 Å². The van der Waals surface area contributed by atoms with Gasteiger partial charge in [0.25, 0.3) is 0 Å². The fourth-order valence-corrected chi connectivity index (χ4v) is 5.90. The van der Waals surface area contributed by atoms with E-state index in [1.165, 1.54) is 35.0 Å². The molecule has 28 heavy (non-hydrogen) atoms. The molecule has 5 nitrogen and oxygen atoms in total. The van der Waals surface area contributed by atoms with Crippen LogP contribution >= 0.6 is 11.9 Å². The van der Waals surface area contributed by atoms with Gasteiger partial charge in [-0.2, -0.15) is 5.10 Å². The second kappa shape index (κ2) is 6.03. The van der Waals surface area contributed by atoms with Crippen LogP contribution in [-0.2, 0) is 13.5 Å². The van der Waals surface area contributed by atoms with Crippen molar-refractivity contribution in [2.75, 3.05) is 7.11 Å². The molecule has 6 heteroatoms. The summed E-state index contributed by atoms with van der Waals surface area (Å²) in [4.78, 5) is 1.15. The Labute approximate surface area is 167 Å². The smallest absolute Gasteiger partial charge is 0.144 e. The first kappa shape index (κ1) is 16.5. The summed E-state index contributed by atoms with van der Waals surface area (Å²) in [7, 11) is 3.95. The maximum atomic E-state index is 5.83. The van der Waals surface area contributed by atoms with Gasteiger partial charge in [0.05, 0.1) is 24.3 Å². The van der Waals surface area contributed by atoms with Crippen LogP contribution < -0.4 is 10.1 Å². The highest BCUT2D eigenvalue weighted by atomic mass is 32.2. The molecule has 142 valence electrons. The van der Waals surface area contributed by atoms with E-state index in [0.29, 0.717) is 12.1 Å². The van der Waals surface area contributed by atoms with E-state index >= 15 is 0 Å². The SMILES string of the molecule is COc1cc(Sn2ncc3ccccc32)cc2c3c(n(C)c12)CC1CCC3N1. The van der Waals surface area contributed by atoms with Crippen molar-refractivity contribution in [3.63, 3.8) is 0 Å². The summed E-state index contributed by atoms with van der Waals surface area (Å²) in [5.74, 6) is 0.934. The Bertz CT molecular complexity index is 1220. The van der Waals surface area contributed by atoms with Crippen molar-refractivity contribution in [2.24, 2.45) is 7.05 Å². The molecule has 2 unspecified atom stereocenters. The van der Waals surface area contributed by atoms with Crippen LogP contribution in [0.15, 0.2) is 47.5 Å². The van der Waals surface area contributed by atoms with Crippen LogP contribution in [0, 0.1) is 0 Å². The molecule has 4 aromatic rings. The molecule has 2 aliphatic heterocycles. The van der Waals surface area contributed by atoms with Crippen molar-refractivity contribution in [1.29, 1.82) is 0 Å². The zero-order chi connectivity index (χ0) is 18.8. The number of hydrogen-bond acceptors (Lipinski definition) is 4. The van der Waals surface area contributed by atoms with Gasteiger partial charge in [-0.15, -0.1) is 0 Å². The molecule has 0 radical (unpaired) electrons. The van der Waals surface area contributed by atoms with Crippen molar-refractivity contribution >= 4 is 33.8 Å². The Morgan fingerprint density at radius 3 is 3.00 bits per heavy atom. The van der Waals surface area contributed by atoms with Crippen LogP contribution in [0.4, 0.5) is 0 Å². The Balaban J connectivity index is 1.53. The van der Waals surface area contributed by atoms with E-state index in [-0.39, 0.29) is 0 Å². The summed E-state index contributed by atoms with van der Waals surface area (Å²) in [5.41, 5.74) is 5.27. The average molecular weight is 391 g/mol. The fourth-order valence-electron chi connectivity index (χ4n) is 5.01.